The van der Waals surface area contributed by atoms with Crippen LogP contribution in [0, 0.1) is 0 Å². The summed E-state index contributed by atoms with van der Waals surface area (Å²) in [6.45, 7) is 0.546. The monoisotopic (exact) mass is 202 g/mol. The lowest BCUT2D eigenvalue weighted by Crippen LogP contribution is -2.17. The lowest BCUT2D eigenvalue weighted by molar-refractivity contribution is 0.0933. The Labute approximate surface area is 89.2 Å². The van der Waals surface area contributed by atoms with Crippen molar-refractivity contribution in [2.24, 2.45) is 0 Å². The van der Waals surface area contributed by atoms with Crippen molar-refractivity contribution in [3.8, 4) is 5.75 Å². The first-order valence-electron chi connectivity index (χ1n) is 5.66. The van der Waals surface area contributed by atoms with E-state index in [1.54, 1.807) is 0 Å². The van der Waals surface area contributed by atoms with Gasteiger partial charge in [-0.25, -0.2) is 0 Å². The highest BCUT2D eigenvalue weighted by Crippen LogP contribution is 2.31. The van der Waals surface area contributed by atoms with E-state index >= 15 is 0 Å². The minimum Gasteiger partial charge on any atom is -0.492 e. The highest BCUT2D eigenvalue weighted by Gasteiger charge is 2.21. The second kappa shape index (κ2) is 3.37. The van der Waals surface area contributed by atoms with Crippen molar-refractivity contribution in [2.45, 2.75) is 32.1 Å². The zero-order valence-corrected chi connectivity index (χ0v) is 8.71. The maximum absolute atomic E-state index is 11.7. The zero-order valence-electron chi connectivity index (χ0n) is 8.71. The molecule has 3 rings (SSSR count). The Balaban J connectivity index is 2.12. The number of Topliss-reactive ketones (excluding diaryl/α,β-unsaturated/α-hetero) is 1. The van der Waals surface area contributed by atoms with Gasteiger partial charge >= 0.3 is 0 Å². The zero-order chi connectivity index (χ0) is 10.3. The van der Waals surface area contributed by atoms with Gasteiger partial charge in [0.2, 0.25) is 0 Å². The molecule has 0 bridgehead atoms. The fourth-order valence-electron chi connectivity index (χ4n) is 2.49. The van der Waals surface area contributed by atoms with Crippen molar-refractivity contribution < 1.29 is 9.53 Å². The van der Waals surface area contributed by atoms with Crippen LogP contribution >= 0.6 is 0 Å². The van der Waals surface area contributed by atoms with E-state index in [2.05, 4.69) is 12.1 Å². The molecule has 15 heavy (non-hydrogen) atoms. The molecule has 78 valence electrons. The van der Waals surface area contributed by atoms with Gasteiger partial charge in [-0.3, -0.25) is 4.79 Å². The van der Waals surface area contributed by atoms with E-state index in [0.29, 0.717) is 13.0 Å². The molecule has 0 fully saturated rings. The molecule has 0 N–H and O–H groups in total. The van der Waals surface area contributed by atoms with Gasteiger partial charge < -0.3 is 4.74 Å². The smallest absolute Gasteiger partial charge is 0.170 e. The molecule has 0 radical (unpaired) electrons. The maximum Gasteiger partial charge on any atom is 0.170 e. The van der Waals surface area contributed by atoms with Crippen molar-refractivity contribution >= 4 is 5.78 Å². The van der Waals surface area contributed by atoms with Crippen LogP contribution in [0.25, 0.3) is 0 Å². The molecule has 0 saturated carbocycles. The average molecular weight is 202 g/mol. The van der Waals surface area contributed by atoms with Crippen LogP contribution in [0.5, 0.6) is 5.75 Å². The molecule has 2 nitrogen and oxygen atoms in total. The number of hydrogen-bond acceptors (Lipinski definition) is 2. The molecule has 1 aromatic carbocycles. The van der Waals surface area contributed by atoms with Gasteiger partial charge in [0.05, 0.1) is 12.2 Å². The number of carbonyl (C=O) groups is 1. The van der Waals surface area contributed by atoms with Crippen molar-refractivity contribution in [2.75, 3.05) is 6.61 Å². The Morgan fingerprint density at radius 3 is 2.53 bits per heavy atom. The molecule has 2 heteroatoms. The molecule has 0 amide bonds. The molecule has 2 aliphatic rings. The third-order valence-corrected chi connectivity index (χ3v) is 3.33. The standard InChI is InChI=1S/C13H14O2/c14-12-5-6-15-13-8-10-4-2-1-3-9(10)7-11(12)13/h7-8H,1-6H2. The number of ether oxygens (including phenoxy) is 1. The fourth-order valence-corrected chi connectivity index (χ4v) is 2.49. The van der Waals surface area contributed by atoms with Crippen molar-refractivity contribution in [1.29, 1.82) is 0 Å². The van der Waals surface area contributed by atoms with E-state index in [0.717, 1.165) is 24.2 Å². The molecule has 1 heterocycles. The van der Waals surface area contributed by atoms with E-state index in [-0.39, 0.29) is 5.78 Å². The van der Waals surface area contributed by atoms with Gasteiger partial charge in [0.15, 0.2) is 5.78 Å². The Hall–Kier alpha value is -1.31. The van der Waals surface area contributed by atoms with Gasteiger partial charge in [-0.2, -0.15) is 0 Å². The quantitative estimate of drug-likeness (QED) is 0.646. The summed E-state index contributed by atoms with van der Waals surface area (Å²) in [7, 11) is 0. The maximum atomic E-state index is 11.7. The number of carbonyl (C=O) groups excluding carboxylic acids is 1. The molecule has 1 aliphatic carbocycles. The minimum absolute atomic E-state index is 0.240. The summed E-state index contributed by atoms with van der Waals surface area (Å²) in [6, 6.07) is 4.15. The highest BCUT2D eigenvalue weighted by molar-refractivity contribution is 5.99. The van der Waals surface area contributed by atoms with Crippen molar-refractivity contribution in [1.82, 2.24) is 0 Å². The van der Waals surface area contributed by atoms with Gasteiger partial charge in [-0.1, -0.05) is 0 Å². The molecule has 0 unspecified atom stereocenters. The molecule has 1 aliphatic heterocycles. The van der Waals surface area contributed by atoms with Crippen LogP contribution in [0.1, 0.15) is 40.7 Å². The van der Waals surface area contributed by atoms with Crippen LogP contribution in [0.3, 0.4) is 0 Å². The topological polar surface area (TPSA) is 26.3 Å². The molecule has 1 aromatic rings. The van der Waals surface area contributed by atoms with E-state index in [1.165, 1.54) is 24.0 Å². The van der Waals surface area contributed by atoms with E-state index in [9.17, 15) is 4.79 Å². The summed E-state index contributed by atoms with van der Waals surface area (Å²) in [5.41, 5.74) is 3.55. The Bertz CT molecular complexity index is 421. The Morgan fingerprint density at radius 1 is 1.00 bits per heavy atom. The predicted octanol–water partition coefficient (Wildman–Crippen LogP) is 2.53. The number of hydrogen-bond donors (Lipinski definition) is 0. The van der Waals surface area contributed by atoms with E-state index in [4.69, 9.17) is 4.74 Å². The number of ketones is 1. The number of aryl methyl sites for hydroxylation is 2. The first-order valence-corrected chi connectivity index (χ1v) is 5.66. The predicted molar refractivity (Wildman–Crippen MR) is 57.5 cm³/mol. The van der Waals surface area contributed by atoms with E-state index < -0.39 is 0 Å². The molecule has 0 spiro atoms. The van der Waals surface area contributed by atoms with Crippen molar-refractivity contribution in [3.05, 3.63) is 28.8 Å². The fraction of sp³-hybridized carbons (Fsp3) is 0.462. The first-order chi connectivity index (χ1) is 7.34. The largest absolute Gasteiger partial charge is 0.492 e. The minimum atomic E-state index is 0.240. The van der Waals surface area contributed by atoms with Crippen LogP contribution in [-0.4, -0.2) is 12.4 Å². The van der Waals surface area contributed by atoms with Gasteiger partial charge in [0, 0.05) is 6.42 Å². The summed E-state index contributed by atoms with van der Waals surface area (Å²) in [6.07, 6.45) is 5.31. The van der Waals surface area contributed by atoms with E-state index in [1.807, 2.05) is 0 Å². The third kappa shape index (κ3) is 1.44. The summed E-state index contributed by atoms with van der Waals surface area (Å²) < 4.78 is 5.54. The van der Waals surface area contributed by atoms with Crippen LogP contribution in [-0.2, 0) is 12.8 Å². The summed E-state index contributed by atoms with van der Waals surface area (Å²) in [4.78, 5) is 11.7. The number of benzene rings is 1. The Morgan fingerprint density at radius 2 is 1.73 bits per heavy atom. The van der Waals surface area contributed by atoms with Gasteiger partial charge in [0.1, 0.15) is 5.75 Å². The van der Waals surface area contributed by atoms with Crippen LogP contribution in [0.4, 0.5) is 0 Å². The van der Waals surface area contributed by atoms with Crippen LogP contribution in [0.15, 0.2) is 12.1 Å². The lowest BCUT2D eigenvalue weighted by Gasteiger charge is -2.22. The highest BCUT2D eigenvalue weighted by atomic mass is 16.5. The normalized spacial score (nSPS) is 19.1. The number of rotatable bonds is 0. The second-order valence-corrected chi connectivity index (χ2v) is 4.35. The van der Waals surface area contributed by atoms with Gasteiger partial charge in [-0.15, -0.1) is 0 Å². The average Bonchev–Trinajstić information content (AvgIpc) is 2.27. The molecular weight excluding hydrogens is 188 g/mol. The van der Waals surface area contributed by atoms with Crippen LogP contribution in [0.2, 0.25) is 0 Å². The third-order valence-electron chi connectivity index (χ3n) is 3.33. The van der Waals surface area contributed by atoms with Gasteiger partial charge in [-0.05, 0) is 48.9 Å². The SMILES string of the molecule is O=C1CCOc2cc3c(cc21)CCCC3. The molecular formula is C13H14O2. The lowest BCUT2D eigenvalue weighted by atomic mass is 9.88. The first kappa shape index (κ1) is 8.96. The molecule has 0 atom stereocenters. The molecule has 0 saturated heterocycles. The summed E-state index contributed by atoms with van der Waals surface area (Å²) in [5.74, 6) is 1.05. The second-order valence-electron chi connectivity index (χ2n) is 4.35. The number of fused-ring (bicyclic) bond motifs is 2. The van der Waals surface area contributed by atoms with Crippen molar-refractivity contribution in [3.63, 3.8) is 0 Å². The Kier molecular flexibility index (Phi) is 2.01. The molecule has 0 aromatic heterocycles. The summed E-state index contributed by atoms with van der Waals surface area (Å²) >= 11 is 0. The van der Waals surface area contributed by atoms with Gasteiger partial charge in [0.25, 0.3) is 0 Å². The summed E-state index contributed by atoms with van der Waals surface area (Å²) in [5, 5.41) is 0. The van der Waals surface area contributed by atoms with Crippen LogP contribution < -0.4 is 4.74 Å².